The van der Waals surface area contributed by atoms with Gasteiger partial charge in [0.2, 0.25) is 0 Å². The molecule has 0 radical (unpaired) electrons. The van der Waals surface area contributed by atoms with E-state index in [4.69, 9.17) is 0 Å². The van der Waals surface area contributed by atoms with Crippen LogP contribution >= 0.6 is 0 Å². The molecule has 4 aromatic carbocycles. The third-order valence-electron chi connectivity index (χ3n) is 4.83. The van der Waals surface area contributed by atoms with Gasteiger partial charge in [-0.3, -0.25) is 0 Å². The molecule has 0 heterocycles. The summed E-state index contributed by atoms with van der Waals surface area (Å²) < 4.78 is 0. The Morgan fingerprint density at radius 3 is 2.07 bits per heavy atom. The number of benzene rings is 4. The SMILES string of the molecule is O=C[C@H](Cc1ccccc1)N=Nc1ccc(O)c2c(O)c3ccccc3c(O)c12. The van der Waals surface area contributed by atoms with Gasteiger partial charge in [0, 0.05) is 17.2 Å². The van der Waals surface area contributed by atoms with Gasteiger partial charge in [0.05, 0.1) is 16.5 Å². The summed E-state index contributed by atoms with van der Waals surface area (Å²) in [5.41, 5.74) is 1.20. The maximum absolute atomic E-state index is 11.5. The molecule has 4 aromatic rings. The first kappa shape index (κ1) is 18.4. The van der Waals surface area contributed by atoms with E-state index < -0.39 is 6.04 Å². The molecule has 144 valence electrons. The largest absolute Gasteiger partial charge is 0.507 e. The van der Waals surface area contributed by atoms with Crippen molar-refractivity contribution in [2.45, 2.75) is 12.5 Å². The lowest BCUT2D eigenvalue weighted by Crippen LogP contribution is -2.09. The van der Waals surface area contributed by atoms with Gasteiger partial charge < -0.3 is 20.1 Å². The number of carbonyl (C=O) groups is 1. The Bertz CT molecular complexity index is 1240. The normalized spacial score (nSPS) is 12.6. The standard InChI is InChI=1S/C23H18N2O4/c26-13-15(12-14-6-2-1-3-7-14)24-25-18-10-11-19(27)21-20(18)22(28)16-8-4-5-9-17(16)23(21)29/h1-11,13,15,27-29H,12H2/t15-/m0/s1. The van der Waals surface area contributed by atoms with E-state index in [1.807, 2.05) is 30.3 Å². The fraction of sp³-hybridized carbons (Fsp3) is 0.0870. The van der Waals surface area contributed by atoms with Crippen molar-refractivity contribution >= 4 is 33.5 Å². The van der Waals surface area contributed by atoms with E-state index in [0.29, 0.717) is 23.5 Å². The fourth-order valence-corrected chi connectivity index (χ4v) is 3.42. The van der Waals surface area contributed by atoms with Crippen LogP contribution in [0.25, 0.3) is 21.5 Å². The van der Waals surface area contributed by atoms with E-state index in [-0.39, 0.29) is 33.7 Å². The maximum Gasteiger partial charge on any atom is 0.146 e. The number of phenols is 3. The molecule has 0 saturated carbocycles. The lowest BCUT2D eigenvalue weighted by molar-refractivity contribution is -0.108. The molecule has 6 nitrogen and oxygen atoms in total. The van der Waals surface area contributed by atoms with E-state index in [2.05, 4.69) is 10.2 Å². The second-order valence-corrected chi connectivity index (χ2v) is 6.71. The second-order valence-electron chi connectivity index (χ2n) is 6.71. The molecular formula is C23H18N2O4. The molecule has 0 unspecified atom stereocenters. The minimum absolute atomic E-state index is 0.0864. The predicted molar refractivity (Wildman–Crippen MR) is 111 cm³/mol. The second kappa shape index (κ2) is 7.59. The Balaban J connectivity index is 1.83. The smallest absolute Gasteiger partial charge is 0.146 e. The number of phenolic OH excluding ortho intramolecular Hbond substituents is 3. The number of fused-ring (bicyclic) bond motifs is 2. The number of nitrogens with zero attached hydrogens (tertiary/aromatic N) is 2. The zero-order chi connectivity index (χ0) is 20.4. The minimum atomic E-state index is -0.697. The van der Waals surface area contributed by atoms with Crippen molar-refractivity contribution in [1.82, 2.24) is 0 Å². The highest BCUT2D eigenvalue weighted by molar-refractivity contribution is 6.16. The number of hydrogen-bond donors (Lipinski definition) is 3. The maximum atomic E-state index is 11.5. The van der Waals surface area contributed by atoms with E-state index in [0.717, 1.165) is 5.56 Å². The Morgan fingerprint density at radius 2 is 1.41 bits per heavy atom. The van der Waals surface area contributed by atoms with Gasteiger partial charge in [-0.25, -0.2) is 0 Å². The lowest BCUT2D eigenvalue weighted by Gasteiger charge is -2.12. The van der Waals surface area contributed by atoms with Gasteiger partial charge >= 0.3 is 0 Å². The molecule has 0 aliphatic heterocycles. The van der Waals surface area contributed by atoms with Crippen molar-refractivity contribution in [3.8, 4) is 17.2 Å². The predicted octanol–water partition coefficient (Wildman–Crippen LogP) is 5.00. The summed E-state index contributed by atoms with van der Waals surface area (Å²) >= 11 is 0. The Labute approximate surface area is 166 Å². The van der Waals surface area contributed by atoms with Crippen molar-refractivity contribution in [3.05, 3.63) is 72.3 Å². The fourth-order valence-electron chi connectivity index (χ4n) is 3.42. The Kier molecular flexibility index (Phi) is 4.83. The van der Waals surface area contributed by atoms with Crippen molar-refractivity contribution in [1.29, 1.82) is 0 Å². The van der Waals surface area contributed by atoms with Crippen LogP contribution < -0.4 is 0 Å². The number of aldehydes is 1. The topological polar surface area (TPSA) is 102 Å². The molecule has 29 heavy (non-hydrogen) atoms. The van der Waals surface area contributed by atoms with Crippen molar-refractivity contribution in [3.63, 3.8) is 0 Å². The quantitative estimate of drug-likeness (QED) is 0.194. The van der Waals surface area contributed by atoms with Crippen LogP contribution in [0.5, 0.6) is 17.2 Å². The first-order chi connectivity index (χ1) is 14.1. The molecule has 4 rings (SSSR count). The van der Waals surface area contributed by atoms with Gasteiger partial charge in [-0.1, -0.05) is 54.6 Å². The van der Waals surface area contributed by atoms with Gasteiger partial charge in [0.1, 0.15) is 29.6 Å². The van der Waals surface area contributed by atoms with Gasteiger partial charge in [-0.05, 0) is 17.7 Å². The van der Waals surface area contributed by atoms with Crippen LogP contribution in [0, 0.1) is 0 Å². The zero-order valence-electron chi connectivity index (χ0n) is 15.4. The molecule has 0 spiro atoms. The number of hydrogen-bond acceptors (Lipinski definition) is 6. The van der Waals surface area contributed by atoms with E-state index in [9.17, 15) is 20.1 Å². The molecular weight excluding hydrogens is 368 g/mol. The van der Waals surface area contributed by atoms with Crippen molar-refractivity contribution in [2.24, 2.45) is 10.2 Å². The monoisotopic (exact) mass is 386 g/mol. The van der Waals surface area contributed by atoms with E-state index >= 15 is 0 Å². The molecule has 3 N–H and O–H groups in total. The lowest BCUT2D eigenvalue weighted by atomic mass is 9.99. The first-order valence-corrected chi connectivity index (χ1v) is 9.08. The summed E-state index contributed by atoms with van der Waals surface area (Å²) in [6.07, 6.45) is 1.11. The number of rotatable bonds is 5. The highest BCUT2D eigenvalue weighted by Crippen LogP contribution is 2.48. The van der Waals surface area contributed by atoms with Crippen LogP contribution in [0.1, 0.15) is 5.56 Å². The minimum Gasteiger partial charge on any atom is -0.507 e. The third-order valence-corrected chi connectivity index (χ3v) is 4.83. The number of azo groups is 1. The third kappa shape index (κ3) is 3.36. The molecule has 0 bridgehead atoms. The number of aromatic hydroxyl groups is 3. The molecule has 0 aromatic heterocycles. The summed E-state index contributed by atoms with van der Waals surface area (Å²) in [4.78, 5) is 11.5. The molecule has 0 aliphatic rings. The van der Waals surface area contributed by atoms with Crippen LogP contribution in [0.4, 0.5) is 5.69 Å². The van der Waals surface area contributed by atoms with Crippen LogP contribution in [0.3, 0.4) is 0 Å². The van der Waals surface area contributed by atoms with Crippen LogP contribution in [-0.4, -0.2) is 27.6 Å². The summed E-state index contributed by atoms with van der Waals surface area (Å²) in [5.74, 6) is -0.461. The molecule has 0 aliphatic carbocycles. The average molecular weight is 386 g/mol. The van der Waals surface area contributed by atoms with E-state index in [1.54, 1.807) is 24.3 Å². The molecule has 0 amide bonds. The molecule has 1 atom stereocenters. The van der Waals surface area contributed by atoms with Crippen LogP contribution in [0.2, 0.25) is 0 Å². The Morgan fingerprint density at radius 1 is 0.793 bits per heavy atom. The summed E-state index contributed by atoms with van der Waals surface area (Å²) in [6, 6.07) is 18.4. The highest BCUT2D eigenvalue weighted by atomic mass is 16.3. The highest BCUT2D eigenvalue weighted by Gasteiger charge is 2.19. The first-order valence-electron chi connectivity index (χ1n) is 9.08. The summed E-state index contributed by atoms with van der Waals surface area (Å²) in [7, 11) is 0. The molecule has 0 saturated heterocycles. The van der Waals surface area contributed by atoms with Gasteiger partial charge in [-0.2, -0.15) is 10.2 Å². The Hall–Kier alpha value is -3.93. The van der Waals surface area contributed by atoms with Gasteiger partial charge in [0.25, 0.3) is 0 Å². The van der Waals surface area contributed by atoms with Crippen molar-refractivity contribution in [2.75, 3.05) is 0 Å². The number of carbonyl (C=O) groups excluding carboxylic acids is 1. The zero-order valence-corrected chi connectivity index (χ0v) is 15.4. The molecule has 6 heteroatoms. The summed E-state index contributed by atoms with van der Waals surface area (Å²) in [5, 5.41) is 41.1. The molecule has 0 fully saturated rings. The van der Waals surface area contributed by atoms with Gasteiger partial charge in [-0.15, -0.1) is 0 Å². The van der Waals surface area contributed by atoms with Gasteiger partial charge in [0.15, 0.2) is 0 Å². The van der Waals surface area contributed by atoms with Crippen LogP contribution in [0.15, 0.2) is 77.0 Å². The average Bonchev–Trinajstić information content (AvgIpc) is 2.76. The summed E-state index contributed by atoms with van der Waals surface area (Å²) in [6.45, 7) is 0. The van der Waals surface area contributed by atoms with E-state index in [1.165, 1.54) is 12.1 Å². The van der Waals surface area contributed by atoms with Crippen LogP contribution in [-0.2, 0) is 11.2 Å². The van der Waals surface area contributed by atoms with Crippen molar-refractivity contribution < 1.29 is 20.1 Å².